The molecule has 2 aromatic carbocycles. The van der Waals surface area contributed by atoms with Gasteiger partial charge >= 0.3 is 0 Å². The van der Waals surface area contributed by atoms with E-state index in [2.05, 4.69) is 15.9 Å². The van der Waals surface area contributed by atoms with Crippen LogP contribution in [-0.4, -0.2) is 6.29 Å². The Kier molecular flexibility index (Phi) is 3.38. The van der Waals surface area contributed by atoms with Crippen molar-refractivity contribution in [1.29, 1.82) is 0 Å². The molecular weight excluding hydrogens is 283 g/mol. The largest absolute Gasteiger partial charge is 0.298 e. The summed E-state index contributed by atoms with van der Waals surface area (Å²) in [6, 6.07) is 10.5. The van der Waals surface area contributed by atoms with Crippen LogP contribution in [0.5, 0.6) is 0 Å². The summed E-state index contributed by atoms with van der Waals surface area (Å²) in [7, 11) is 0. The highest BCUT2D eigenvalue weighted by molar-refractivity contribution is 9.10. The van der Waals surface area contributed by atoms with Crippen LogP contribution in [-0.2, 0) is 0 Å². The smallest absolute Gasteiger partial charge is 0.150 e. The van der Waals surface area contributed by atoms with Gasteiger partial charge < -0.3 is 0 Å². The number of carbonyl (C=O) groups excluding carboxylic acids is 1. The zero-order chi connectivity index (χ0) is 12.4. The monoisotopic (exact) mass is 292 g/mol. The number of aldehydes is 1. The van der Waals surface area contributed by atoms with E-state index in [-0.39, 0.29) is 5.82 Å². The summed E-state index contributed by atoms with van der Waals surface area (Å²) in [4.78, 5) is 10.6. The Bertz CT molecular complexity index is 561. The summed E-state index contributed by atoms with van der Waals surface area (Å²) in [5.41, 5.74) is 3.42. The number of rotatable bonds is 2. The Labute approximate surface area is 107 Å². The van der Waals surface area contributed by atoms with Gasteiger partial charge in [-0.1, -0.05) is 24.3 Å². The van der Waals surface area contributed by atoms with E-state index in [9.17, 15) is 9.18 Å². The molecule has 0 spiro atoms. The first-order valence-electron chi connectivity index (χ1n) is 5.13. The van der Waals surface area contributed by atoms with Gasteiger partial charge in [0.15, 0.2) is 0 Å². The van der Waals surface area contributed by atoms with Crippen molar-refractivity contribution in [2.75, 3.05) is 0 Å². The van der Waals surface area contributed by atoms with Gasteiger partial charge in [0.25, 0.3) is 0 Å². The van der Waals surface area contributed by atoms with Gasteiger partial charge in [0.05, 0.1) is 4.47 Å². The standard InChI is InChI=1S/C14H10BrFO/c1-9-6-14(16)13(15)7-12(9)11-4-2-10(8-17)3-5-11/h2-8H,1H3. The molecule has 86 valence electrons. The Balaban J connectivity index is 2.52. The molecule has 0 saturated heterocycles. The molecule has 2 rings (SSSR count). The summed E-state index contributed by atoms with van der Waals surface area (Å²) >= 11 is 3.17. The number of benzene rings is 2. The van der Waals surface area contributed by atoms with Crippen LogP contribution in [0.15, 0.2) is 40.9 Å². The Morgan fingerprint density at radius 1 is 1.18 bits per heavy atom. The minimum Gasteiger partial charge on any atom is -0.298 e. The van der Waals surface area contributed by atoms with Gasteiger partial charge in [-0.25, -0.2) is 4.39 Å². The van der Waals surface area contributed by atoms with E-state index in [0.29, 0.717) is 10.0 Å². The quantitative estimate of drug-likeness (QED) is 0.751. The van der Waals surface area contributed by atoms with Crippen LogP contribution in [0.4, 0.5) is 4.39 Å². The molecule has 0 amide bonds. The second-order valence-electron chi connectivity index (χ2n) is 3.82. The van der Waals surface area contributed by atoms with Gasteiger partial charge in [-0.15, -0.1) is 0 Å². The van der Waals surface area contributed by atoms with Crippen molar-refractivity contribution in [3.63, 3.8) is 0 Å². The predicted octanol–water partition coefficient (Wildman–Crippen LogP) is 4.38. The molecular formula is C14H10BrFO. The lowest BCUT2D eigenvalue weighted by Gasteiger charge is -2.07. The van der Waals surface area contributed by atoms with E-state index in [1.807, 2.05) is 19.1 Å². The predicted molar refractivity (Wildman–Crippen MR) is 69.7 cm³/mol. The van der Waals surface area contributed by atoms with E-state index in [1.165, 1.54) is 6.07 Å². The summed E-state index contributed by atoms with van der Waals surface area (Å²) in [5.74, 6) is -0.268. The topological polar surface area (TPSA) is 17.1 Å². The second-order valence-corrected chi connectivity index (χ2v) is 4.68. The molecule has 0 N–H and O–H groups in total. The fourth-order valence-corrected chi connectivity index (χ4v) is 2.04. The van der Waals surface area contributed by atoms with Crippen LogP contribution >= 0.6 is 15.9 Å². The molecule has 0 radical (unpaired) electrons. The van der Waals surface area contributed by atoms with Crippen molar-refractivity contribution in [1.82, 2.24) is 0 Å². The SMILES string of the molecule is Cc1cc(F)c(Br)cc1-c1ccc(C=O)cc1. The van der Waals surface area contributed by atoms with E-state index in [1.54, 1.807) is 18.2 Å². The molecule has 1 nitrogen and oxygen atoms in total. The highest BCUT2D eigenvalue weighted by Crippen LogP contribution is 2.28. The lowest BCUT2D eigenvalue weighted by atomic mass is 9.99. The van der Waals surface area contributed by atoms with Crippen LogP contribution in [0.2, 0.25) is 0 Å². The average Bonchev–Trinajstić information content (AvgIpc) is 2.34. The van der Waals surface area contributed by atoms with Gasteiger partial charge in [0, 0.05) is 5.56 Å². The first-order valence-corrected chi connectivity index (χ1v) is 5.92. The third-order valence-corrected chi connectivity index (χ3v) is 3.23. The van der Waals surface area contributed by atoms with Crippen molar-refractivity contribution >= 4 is 22.2 Å². The van der Waals surface area contributed by atoms with Gasteiger partial charge in [0.2, 0.25) is 0 Å². The molecule has 0 unspecified atom stereocenters. The van der Waals surface area contributed by atoms with Gasteiger partial charge in [-0.3, -0.25) is 4.79 Å². The van der Waals surface area contributed by atoms with Crippen LogP contribution in [0, 0.1) is 12.7 Å². The maximum absolute atomic E-state index is 13.3. The van der Waals surface area contributed by atoms with Crippen LogP contribution in [0.1, 0.15) is 15.9 Å². The molecule has 0 fully saturated rings. The minimum atomic E-state index is -0.268. The number of hydrogen-bond acceptors (Lipinski definition) is 1. The maximum atomic E-state index is 13.3. The van der Waals surface area contributed by atoms with Crippen molar-refractivity contribution < 1.29 is 9.18 Å². The molecule has 0 aliphatic heterocycles. The van der Waals surface area contributed by atoms with Crippen molar-refractivity contribution in [3.05, 3.63) is 57.8 Å². The zero-order valence-corrected chi connectivity index (χ0v) is 10.8. The van der Waals surface area contributed by atoms with Gasteiger partial charge in [-0.05, 0) is 51.7 Å². The van der Waals surface area contributed by atoms with E-state index >= 15 is 0 Å². The Morgan fingerprint density at radius 2 is 1.82 bits per heavy atom. The summed E-state index contributed by atoms with van der Waals surface area (Å²) in [6.45, 7) is 1.86. The number of carbonyl (C=O) groups is 1. The maximum Gasteiger partial charge on any atom is 0.150 e. The molecule has 0 saturated carbocycles. The number of hydrogen-bond donors (Lipinski definition) is 0. The second kappa shape index (κ2) is 4.80. The molecule has 2 aromatic rings. The van der Waals surface area contributed by atoms with Crippen molar-refractivity contribution in [3.8, 4) is 11.1 Å². The normalized spacial score (nSPS) is 10.3. The lowest BCUT2D eigenvalue weighted by Crippen LogP contribution is -1.88. The van der Waals surface area contributed by atoms with E-state index in [4.69, 9.17) is 0 Å². The first-order chi connectivity index (χ1) is 8.11. The average molecular weight is 293 g/mol. The lowest BCUT2D eigenvalue weighted by molar-refractivity contribution is 0.112. The highest BCUT2D eigenvalue weighted by Gasteiger charge is 2.07. The Morgan fingerprint density at radius 3 is 2.41 bits per heavy atom. The van der Waals surface area contributed by atoms with E-state index in [0.717, 1.165) is 23.0 Å². The molecule has 17 heavy (non-hydrogen) atoms. The fraction of sp³-hybridized carbons (Fsp3) is 0.0714. The third-order valence-electron chi connectivity index (χ3n) is 2.63. The molecule has 0 heterocycles. The summed E-state index contributed by atoms with van der Waals surface area (Å²) in [6.07, 6.45) is 0.803. The minimum absolute atomic E-state index is 0.268. The van der Waals surface area contributed by atoms with Crippen molar-refractivity contribution in [2.45, 2.75) is 6.92 Å². The van der Waals surface area contributed by atoms with Crippen LogP contribution in [0.3, 0.4) is 0 Å². The molecule has 0 aliphatic rings. The molecule has 0 atom stereocenters. The van der Waals surface area contributed by atoms with Crippen LogP contribution in [0.25, 0.3) is 11.1 Å². The molecule has 0 aliphatic carbocycles. The highest BCUT2D eigenvalue weighted by atomic mass is 79.9. The third kappa shape index (κ3) is 2.44. The summed E-state index contributed by atoms with van der Waals surface area (Å²) in [5, 5.41) is 0. The zero-order valence-electron chi connectivity index (χ0n) is 9.21. The molecule has 0 aromatic heterocycles. The van der Waals surface area contributed by atoms with Crippen molar-refractivity contribution in [2.24, 2.45) is 0 Å². The van der Waals surface area contributed by atoms with E-state index < -0.39 is 0 Å². The van der Waals surface area contributed by atoms with Gasteiger partial charge in [0.1, 0.15) is 12.1 Å². The van der Waals surface area contributed by atoms with Crippen LogP contribution < -0.4 is 0 Å². The summed E-state index contributed by atoms with van der Waals surface area (Å²) < 4.78 is 13.7. The molecule has 0 bridgehead atoms. The molecule has 3 heteroatoms. The number of aryl methyl sites for hydroxylation is 1. The Hall–Kier alpha value is -1.48. The van der Waals surface area contributed by atoms with Gasteiger partial charge in [-0.2, -0.15) is 0 Å². The number of halogens is 2. The first kappa shape index (κ1) is 12.0. The fourth-order valence-electron chi connectivity index (χ4n) is 1.70.